The molecule has 3 rings (SSSR count). The fraction of sp³-hybridized carbons (Fsp3) is 0.318. The summed E-state index contributed by atoms with van der Waals surface area (Å²) in [5.74, 6) is -1.87. The van der Waals surface area contributed by atoms with E-state index in [2.05, 4.69) is 21.3 Å². The predicted molar refractivity (Wildman–Crippen MR) is 128 cm³/mol. The standard InChI is InChI=1S/C22H26N4O6S2/c1-22(34(31,32)16-10-6-3-7-11-16)26-18(14-33-22)19(27)25-17(20(28)29)13-24-21(30)23-12-15-8-4-2-5-9-15/h2-11,17-18,26H,12-14H2,1H3,(H,25,27)(H,28,29)(H2,23,24,30). The first-order valence-corrected chi connectivity index (χ1v) is 12.9. The summed E-state index contributed by atoms with van der Waals surface area (Å²) in [6, 6.07) is 14.2. The number of amides is 3. The Bertz CT molecular complexity index is 1130. The number of benzene rings is 2. The Morgan fingerprint density at radius 3 is 2.32 bits per heavy atom. The third-order valence-corrected chi connectivity index (χ3v) is 9.44. The van der Waals surface area contributed by atoms with Crippen LogP contribution >= 0.6 is 11.8 Å². The second-order valence-electron chi connectivity index (χ2n) is 7.72. The average molecular weight is 507 g/mol. The quantitative estimate of drug-likeness (QED) is 0.336. The van der Waals surface area contributed by atoms with Gasteiger partial charge in [0.15, 0.2) is 4.20 Å². The van der Waals surface area contributed by atoms with Gasteiger partial charge < -0.3 is 21.1 Å². The molecule has 5 N–H and O–H groups in total. The number of hydrogen-bond acceptors (Lipinski definition) is 7. The predicted octanol–water partition coefficient (Wildman–Crippen LogP) is 0.908. The molecule has 1 saturated heterocycles. The minimum Gasteiger partial charge on any atom is -0.480 e. The molecule has 3 atom stereocenters. The number of nitrogens with one attached hydrogen (secondary N) is 4. The number of carbonyl (C=O) groups excluding carboxylic acids is 2. The Balaban J connectivity index is 1.54. The normalized spacial score (nSPS) is 20.8. The molecule has 3 amide bonds. The van der Waals surface area contributed by atoms with E-state index in [1.807, 2.05) is 30.3 Å². The van der Waals surface area contributed by atoms with Crippen LogP contribution in [-0.4, -0.2) is 60.0 Å². The van der Waals surface area contributed by atoms with Gasteiger partial charge in [-0.2, -0.15) is 0 Å². The van der Waals surface area contributed by atoms with Gasteiger partial charge in [0.05, 0.1) is 17.5 Å². The van der Waals surface area contributed by atoms with Crippen LogP contribution in [0.25, 0.3) is 0 Å². The van der Waals surface area contributed by atoms with Crippen molar-refractivity contribution < 1.29 is 27.9 Å². The summed E-state index contributed by atoms with van der Waals surface area (Å²) in [5, 5.41) is 19.7. The highest BCUT2D eigenvalue weighted by molar-refractivity contribution is 8.14. The molecule has 2 aromatic rings. The van der Waals surface area contributed by atoms with Gasteiger partial charge in [-0.1, -0.05) is 48.5 Å². The number of sulfone groups is 1. The number of hydrogen-bond donors (Lipinski definition) is 5. The number of thioether (sulfide) groups is 1. The lowest BCUT2D eigenvalue weighted by atomic mass is 10.2. The van der Waals surface area contributed by atoms with Crippen molar-refractivity contribution in [3.63, 3.8) is 0 Å². The largest absolute Gasteiger partial charge is 0.480 e. The molecule has 1 aliphatic heterocycles. The van der Waals surface area contributed by atoms with E-state index in [-0.39, 0.29) is 23.7 Å². The highest BCUT2D eigenvalue weighted by Crippen LogP contribution is 2.38. The first-order valence-electron chi connectivity index (χ1n) is 10.4. The smallest absolute Gasteiger partial charge is 0.328 e. The van der Waals surface area contributed by atoms with Crippen molar-refractivity contribution in [1.29, 1.82) is 0 Å². The van der Waals surface area contributed by atoms with Crippen molar-refractivity contribution in [3.05, 3.63) is 66.2 Å². The molecule has 1 fully saturated rings. The summed E-state index contributed by atoms with van der Waals surface area (Å²) >= 11 is 1.05. The molecule has 1 heterocycles. The monoisotopic (exact) mass is 506 g/mol. The second-order valence-corrected chi connectivity index (χ2v) is 11.7. The van der Waals surface area contributed by atoms with Crippen LogP contribution in [0.3, 0.4) is 0 Å². The van der Waals surface area contributed by atoms with E-state index in [0.29, 0.717) is 0 Å². The Labute approximate surface area is 201 Å². The maximum absolute atomic E-state index is 13.0. The minimum absolute atomic E-state index is 0.118. The highest BCUT2D eigenvalue weighted by Gasteiger charge is 2.49. The van der Waals surface area contributed by atoms with Crippen molar-refractivity contribution in [2.45, 2.75) is 34.7 Å². The van der Waals surface area contributed by atoms with E-state index < -0.39 is 44.0 Å². The molecular formula is C22H26N4O6S2. The topological polar surface area (TPSA) is 154 Å². The molecule has 0 spiro atoms. The van der Waals surface area contributed by atoms with Crippen LogP contribution in [0.15, 0.2) is 65.6 Å². The summed E-state index contributed by atoms with van der Waals surface area (Å²) in [6.45, 7) is 1.39. The SMILES string of the molecule is CC1(S(=O)(=O)c2ccccc2)NC(C(=O)NC(CNC(=O)NCc2ccccc2)C(=O)O)CS1. The van der Waals surface area contributed by atoms with E-state index in [0.717, 1.165) is 17.3 Å². The number of aliphatic carboxylic acids is 1. The fourth-order valence-corrected chi connectivity index (χ4v) is 6.59. The Kier molecular flexibility index (Phi) is 8.18. The molecule has 34 heavy (non-hydrogen) atoms. The van der Waals surface area contributed by atoms with Crippen LogP contribution in [-0.2, 0) is 26.0 Å². The molecule has 182 valence electrons. The number of carboxylic acids is 1. The van der Waals surface area contributed by atoms with Crippen molar-refractivity contribution >= 4 is 39.5 Å². The van der Waals surface area contributed by atoms with Crippen molar-refractivity contribution in [3.8, 4) is 0 Å². The molecule has 0 aliphatic carbocycles. The lowest BCUT2D eigenvalue weighted by molar-refractivity contribution is -0.141. The second kappa shape index (κ2) is 10.9. The summed E-state index contributed by atoms with van der Waals surface area (Å²) in [4.78, 5) is 36.4. The zero-order chi connectivity index (χ0) is 24.8. The Morgan fingerprint density at radius 1 is 1.09 bits per heavy atom. The van der Waals surface area contributed by atoms with Gasteiger partial charge in [-0.25, -0.2) is 18.0 Å². The third kappa shape index (κ3) is 6.07. The molecule has 3 unspecified atom stereocenters. The van der Waals surface area contributed by atoms with Crippen LogP contribution in [0.4, 0.5) is 4.79 Å². The molecule has 1 aliphatic rings. The minimum atomic E-state index is -3.81. The first-order chi connectivity index (χ1) is 16.1. The molecule has 0 radical (unpaired) electrons. The van der Waals surface area contributed by atoms with Gasteiger partial charge in [0.1, 0.15) is 6.04 Å². The number of carbonyl (C=O) groups is 3. The highest BCUT2D eigenvalue weighted by atomic mass is 32.3. The maximum atomic E-state index is 13.0. The Morgan fingerprint density at radius 2 is 1.71 bits per heavy atom. The lowest BCUT2D eigenvalue weighted by Gasteiger charge is -2.25. The van der Waals surface area contributed by atoms with Crippen LogP contribution < -0.4 is 21.3 Å². The maximum Gasteiger partial charge on any atom is 0.328 e. The van der Waals surface area contributed by atoms with Gasteiger partial charge in [-0.15, -0.1) is 11.8 Å². The van der Waals surface area contributed by atoms with Gasteiger partial charge in [0, 0.05) is 12.3 Å². The lowest BCUT2D eigenvalue weighted by Crippen LogP contribution is -2.56. The summed E-state index contributed by atoms with van der Waals surface area (Å²) in [7, 11) is -3.81. The first kappa shape index (κ1) is 25.5. The van der Waals surface area contributed by atoms with Crippen LogP contribution in [0.2, 0.25) is 0 Å². The van der Waals surface area contributed by atoms with E-state index >= 15 is 0 Å². The van der Waals surface area contributed by atoms with Gasteiger partial charge in [-0.3, -0.25) is 10.1 Å². The van der Waals surface area contributed by atoms with Crippen molar-refractivity contribution in [2.24, 2.45) is 0 Å². The summed E-state index contributed by atoms with van der Waals surface area (Å²) in [6.07, 6.45) is 0. The molecular weight excluding hydrogens is 480 g/mol. The van der Waals surface area contributed by atoms with Gasteiger partial charge in [0.25, 0.3) is 0 Å². The molecule has 0 saturated carbocycles. The van der Waals surface area contributed by atoms with E-state index in [1.165, 1.54) is 19.1 Å². The van der Waals surface area contributed by atoms with E-state index in [4.69, 9.17) is 0 Å². The van der Waals surface area contributed by atoms with Gasteiger partial charge in [-0.05, 0) is 24.6 Å². The third-order valence-electron chi connectivity index (χ3n) is 5.22. The van der Waals surface area contributed by atoms with Crippen LogP contribution in [0, 0.1) is 0 Å². The molecule has 10 nitrogen and oxygen atoms in total. The fourth-order valence-electron chi connectivity index (χ4n) is 3.27. The number of rotatable bonds is 9. The average Bonchev–Trinajstić information content (AvgIpc) is 3.25. The van der Waals surface area contributed by atoms with Gasteiger partial charge >= 0.3 is 12.0 Å². The van der Waals surface area contributed by atoms with E-state index in [9.17, 15) is 27.9 Å². The van der Waals surface area contributed by atoms with E-state index in [1.54, 1.807) is 18.2 Å². The molecule has 2 aromatic carbocycles. The molecule has 0 aromatic heterocycles. The zero-order valence-corrected chi connectivity index (χ0v) is 20.0. The summed E-state index contributed by atoms with van der Waals surface area (Å²) < 4.78 is 24.6. The summed E-state index contributed by atoms with van der Waals surface area (Å²) in [5.41, 5.74) is 0.874. The number of carboxylic acid groups (broad SMARTS) is 1. The molecule has 12 heteroatoms. The molecule has 0 bridgehead atoms. The number of urea groups is 1. The van der Waals surface area contributed by atoms with Gasteiger partial charge in [0.2, 0.25) is 15.7 Å². The van der Waals surface area contributed by atoms with Crippen molar-refractivity contribution in [2.75, 3.05) is 12.3 Å². The van der Waals surface area contributed by atoms with Crippen molar-refractivity contribution in [1.82, 2.24) is 21.3 Å². The Hall–Kier alpha value is -3.09. The van der Waals surface area contributed by atoms with Crippen LogP contribution in [0.1, 0.15) is 12.5 Å². The zero-order valence-electron chi connectivity index (χ0n) is 18.4. The van der Waals surface area contributed by atoms with Crippen LogP contribution in [0.5, 0.6) is 0 Å².